The predicted molar refractivity (Wildman–Crippen MR) is 173 cm³/mol. The van der Waals surface area contributed by atoms with Gasteiger partial charge in [-0.15, -0.1) is 0 Å². The molecule has 4 heteroatoms. The van der Waals surface area contributed by atoms with Crippen LogP contribution in [0.25, 0.3) is 10.9 Å². The van der Waals surface area contributed by atoms with Gasteiger partial charge in [0.05, 0.1) is 18.2 Å². The molecule has 0 radical (unpaired) electrons. The van der Waals surface area contributed by atoms with E-state index >= 15 is 0 Å². The van der Waals surface area contributed by atoms with E-state index in [0.717, 1.165) is 39.3 Å². The van der Waals surface area contributed by atoms with Crippen LogP contribution in [0.5, 0.6) is 5.88 Å². The molecule has 2 atom stereocenters. The van der Waals surface area contributed by atoms with Crippen LogP contribution in [0.4, 0.5) is 0 Å². The number of ether oxygens (including phenoxy) is 1. The second-order valence-corrected chi connectivity index (χ2v) is 9.52. The molecule has 3 aromatic carbocycles. The van der Waals surface area contributed by atoms with Crippen molar-refractivity contribution in [3.8, 4) is 5.88 Å². The Balaban J connectivity index is 0.00000119. The van der Waals surface area contributed by atoms with Gasteiger partial charge < -0.3 is 9.84 Å². The van der Waals surface area contributed by atoms with Gasteiger partial charge in [0.15, 0.2) is 0 Å². The molecule has 0 aliphatic heterocycles. The van der Waals surface area contributed by atoms with E-state index in [4.69, 9.17) is 9.72 Å². The Hall–Kier alpha value is -2.69. The average Bonchev–Trinajstić information content (AvgIpc) is 3.00. The van der Waals surface area contributed by atoms with Gasteiger partial charge in [-0.1, -0.05) is 131 Å². The van der Waals surface area contributed by atoms with E-state index in [1.165, 1.54) is 5.56 Å². The van der Waals surface area contributed by atoms with Crippen LogP contribution >= 0.6 is 15.9 Å². The molecule has 0 amide bonds. The quantitative estimate of drug-likeness (QED) is 0.210. The number of hydrogen-bond acceptors (Lipinski definition) is 3. The Kier molecular flexibility index (Phi) is 16.4. The van der Waals surface area contributed by atoms with Gasteiger partial charge in [-0.2, -0.15) is 0 Å². The lowest BCUT2D eigenvalue weighted by Crippen LogP contribution is -2.38. The molecule has 0 aliphatic rings. The van der Waals surface area contributed by atoms with Crippen molar-refractivity contribution in [2.75, 3.05) is 7.11 Å². The summed E-state index contributed by atoms with van der Waals surface area (Å²) in [4.78, 5) is 4.82. The van der Waals surface area contributed by atoms with Crippen molar-refractivity contribution in [3.63, 3.8) is 0 Å². The molecular weight excluding hydrogens is 546 g/mol. The fraction of sp³-hybridized carbons (Fsp3) is 0.400. The summed E-state index contributed by atoms with van der Waals surface area (Å²) in [5, 5.41) is 13.3. The first-order chi connectivity index (χ1) is 19.0. The second-order valence-electron chi connectivity index (χ2n) is 8.61. The first-order valence-electron chi connectivity index (χ1n) is 14.5. The fourth-order valence-electron chi connectivity index (χ4n) is 4.79. The maximum absolute atomic E-state index is 12.3. The zero-order valence-corrected chi connectivity index (χ0v) is 26.8. The predicted octanol–water partition coefficient (Wildman–Crippen LogP) is 10.4. The number of aromatic nitrogens is 1. The van der Waals surface area contributed by atoms with Gasteiger partial charge in [-0.05, 0) is 54.7 Å². The smallest absolute Gasteiger partial charge is 0.217 e. The van der Waals surface area contributed by atoms with Crippen LogP contribution in [0.3, 0.4) is 0 Å². The van der Waals surface area contributed by atoms with Crippen molar-refractivity contribution in [2.45, 2.75) is 85.7 Å². The maximum Gasteiger partial charge on any atom is 0.217 e. The Morgan fingerprint density at radius 2 is 1.41 bits per heavy atom. The third-order valence-corrected chi connectivity index (χ3v) is 6.81. The number of aliphatic hydroxyl groups is 1. The van der Waals surface area contributed by atoms with Gasteiger partial charge in [0.25, 0.3) is 0 Å². The van der Waals surface area contributed by atoms with Crippen molar-refractivity contribution in [2.24, 2.45) is 0 Å². The van der Waals surface area contributed by atoms with Crippen molar-refractivity contribution in [1.29, 1.82) is 0 Å². The zero-order chi connectivity index (χ0) is 29.3. The monoisotopic (exact) mass is 593 g/mol. The van der Waals surface area contributed by atoms with Crippen LogP contribution in [0.2, 0.25) is 0 Å². The number of pyridine rings is 1. The average molecular weight is 595 g/mol. The van der Waals surface area contributed by atoms with Crippen molar-refractivity contribution >= 4 is 26.8 Å². The molecule has 1 heterocycles. The SMILES string of the molecule is CC.CC.CC.CCCC(O)(CCc1ccccc1)C(c1ccccc1)c1cc2cc(Br)ccc2nc1OC. The first kappa shape index (κ1) is 34.3. The lowest BCUT2D eigenvalue weighted by Gasteiger charge is -2.38. The minimum atomic E-state index is -0.958. The largest absolute Gasteiger partial charge is 0.481 e. The third kappa shape index (κ3) is 9.47. The summed E-state index contributed by atoms with van der Waals surface area (Å²) < 4.78 is 6.79. The number of hydrogen-bond donors (Lipinski definition) is 1. The standard InChI is InChI=1S/C29H30BrNO2.3C2H6/c1-3-17-29(32,18-16-21-10-6-4-7-11-21)27(22-12-8-5-9-13-22)25-20-23-19-24(30)14-15-26(23)31-28(25)33-2;3*1-2/h4-15,19-20,27,32H,3,16-18H2,1-2H3;3*1-2H3. The molecule has 4 aromatic rings. The summed E-state index contributed by atoms with van der Waals surface area (Å²) in [6.45, 7) is 14.1. The summed E-state index contributed by atoms with van der Waals surface area (Å²) in [7, 11) is 1.65. The number of rotatable bonds is 9. The van der Waals surface area contributed by atoms with E-state index in [9.17, 15) is 5.11 Å². The topological polar surface area (TPSA) is 42.4 Å². The molecule has 0 saturated heterocycles. The molecule has 4 rings (SSSR count). The number of halogens is 1. The Bertz CT molecular complexity index is 1200. The van der Waals surface area contributed by atoms with Gasteiger partial charge in [0, 0.05) is 21.3 Å². The minimum absolute atomic E-state index is 0.270. The molecule has 0 bridgehead atoms. The Morgan fingerprint density at radius 1 is 0.821 bits per heavy atom. The summed E-state index contributed by atoms with van der Waals surface area (Å²) in [6, 6.07) is 28.8. The highest BCUT2D eigenvalue weighted by molar-refractivity contribution is 9.10. The lowest BCUT2D eigenvalue weighted by atomic mass is 9.72. The van der Waals surface area contributed by atoms with Crippen LogP contribution in [-0.2, 0) is 6.42 Å². The van der Waals surface area contributed by atoms with Gasteiger partial charge in [-0.25, -0.2) is 4.98 Å². The third-order valence-electron chi connectivity index (χ3n) is 6.32. The van der Waals surface area contributed by atoms with Gasteiger partial charge in [0.2, 0.25) is 5.88 Å². The zero-order valence-electron chi connectivity index (χ0n) is 25.2. The molecule has 0 aliphatic carbocycles. The Labute approximate surface area is 245 Å². The van der Waals surface area contributed by atoms with E-state index in [2.05, 4.69) is 71.4 Å². The highest BCUT2D eigenvalue weighted by Gasteiger charge is 2.39. The van der Waals surface area contributed by atoms with Crippen molar-refractivity contribution < 1.29 is 9.84 Å². The molecule has 1 N–H and O–H groups in total. The van der Waals surface area contributed by atoms with E-state index < -0.39 is 5.60 Å². The summed E-state index contributed by atoms with van der Waals surface area (Å²) in [6.07, 6.45) is 3.00. The summed E-state index contributed by atoms with van der Waals surface area (Å²) >= 11 is 3.58. The van der Waals surface area contributed by atoms with E-state index in [-0.39, 0.29) is 5.92 Å². The maximum atomic E-state index is 12.3. The lowest BCUT2D eigenvalue weighted by molar-refractivity contribution is 0.00546. The second kappa shape index (κ2) is 18.6. The molecule has 212 valence electrons. The van der Waals surface area contributed by atoms with Crippen molar-refractivity contribution in [3.05, 3.63) is 106 Å². The molecule has 0 spiro atoms. The molecule has 39 heavy (non-hydrogen) atoms. The van der Waals surface area contributed by atoms with Gasteiger partial charge in [0.1, 0.15) is 0 Å². The first-order valence-corrected chi connectivity index (χ1v) is 15.3. The van der Waals surface area contributed by atoms with E-state index in [1.54, 1.807) is 7.11 Å². The fourth-order valence-corrected chi connectivity index (χ4v) is 5.17. The number of fused-ring (bicyclic) bond motifs is 1. The summed E-state index contributed by atoms with van der Waals surface area (Å²) in [5.41, 5.74) is 3.12. The molecule has 1 aromatic heterocycles. The van der Waals surface area contributed by atoms with Crippen LogP contribution in [0.15, 0.2) is 89.4 Å². The molecular formula is C35H48BrNO2. The Morgan fingerprint density at radius 3 is 1.97 bits per heavy atom. The van der Waals surface area contributed by atoms with Crippen LogP contribution < -0.4 is 4.74 Å². The number of aryl methyl sites for hydroxylation is 1. The molecule has 2 unspecified atom stereocenters. The highest BCUT2D eigenvalue weighted by atomic mass is 79.9. The van der Waals surface area contributed by atoms with Crippen LogP contribution in [-0.4, -0.2) is 22.8 Å². The van der Waals surface area contributed by atoms with E-state index in [0.29, 0.717) is 18.7 Å². The molecule has 0 fully saturated rings. The van der Waals surface area contributed by atoms with E-state index in [1.807, 2.05) is 77.9 Å². The van der Waals surface area contributed by atoms with Crippen molar-refractivity contribution in [1.82, 2.24) is 4.98 Å². The number of nitrogens with zero attached hydrogens (tertiary/aromatic N) is 1. The minimum Gasteiger partial charge on any atom is -0.481 e. The normalized spacial score (nSPS) is 12.4. The summed E-state index contributed by atoms with van der Waals surface area (Å²) in [5.74, 6) is 0.293. The van der Waals surface area contributed by atoms with Crippen LogP contribution in [0, 0.1) is 0 Å². The number of benzene rings is 3. The highest BCUT2D eigenvalue weighted by Crippen LogP contribution is 2.44. The van der Waals surface area contributed by atoms with Gasteiger partial charge >= 0.3 is 0 Å². The molecule has 3 nitrogen and oxygen atoms in total. The molecule has 0 saturated carbocycles. The van der Waals surface area contributed by atoms with Gasteiger partial charge in [-0.3, -0.25) is 0 Å². The number of methoxy groups -OCH3 is 1. The van der Waals surface area contributed by atoms with Crippen LogP contribution in [0.1, 0.15) is 90.3 Å².